The van der Waals surface area contributed by atoms with E-state index in [9.17, 15) is 4.79 Å². The summed E-state index contributed by atoms with van der Waals surface area (Å²) in [6, 6.07) is 10.8. The van der Waals surface area contributed by atoms with Crippen molar-refractivity contribution in [1.29, 1.82) is 0 Å². The number of carbonyl (C=O) groups excluding carboxylic acids is 1. The summed E-state index contributed by atoms with van der Waals surface area (Å²) in [7, 11) is 0. The molecule has 0 atom stereocenters. The second-order valence-electron chi connectivity index (χ2n) is 5.69. The van der Waals surface area contributed by atoms with Crippen molar-refractivity contribution in [2.75, 3.05) is 6.54 Å². The summed E-state index contributed by atoms with van der Waals surface area (Å²) in [6.45, 7) is 1.53. The number of hydrogen-bond donors (Lipinski definition) is 1. The summed E-state index contributed by atoms with van der Waals surface area (Å²) in [6.07, 6.45) is 7.37. The Hall–Kier alpha value is -1.35. The molecule has 3 heteroatoms. The highest BCUT2D eigenvalue weighted by atomic mass is 16.2. The van der Waals surface area contributed by atoms with Gasteiger partial charge in [-0.25, -0.2) is 0 Å². The zero-order chi connectivity index (χ0) is 14.2. The molecule has 1 aromatic rings. The van der Waals surface area contributed by atoms with E-state index < -0.39 is 0 Å². The maximum atomic E-state index is 12.4. The fourth-order valence-corrected chi connectivity index (χ4v) is 2.50. The molecule has 1 aliphatic rings. The molecule has 1 saturated carbocycles. The maximum absolute atomic E-state index is 12.4. The number of hydrogen-bond acceptors (Lipinski definition) is 2. The van der Waals surface area contributed by atoms with E-state index in [1.54, 1.807) is 0 Å². The second-order valence-corrected chi connectivity index (χ2v) is 5.69. The molecule has 20 heavy (non-hydrogen) atoms. The molecule has 1 aliphatic carbocycles. The first-order chi connectivity index (χ1) is 9.81. The zero-order valence-electron chi connectivity index (χ0n) is 12.3. The van der Waals surface area contributed by atoms with E-state index in [0.717, 1.165) is 38.8 Å². The van der Waals surface area contributed by atoms with Crippen molar-refractivity contribution in [1.82, 2.24) is 4.90 Å². The quantitative estimate of drug-likeness (QED) is 0.703. The molecule has 110 valence electrons. The highest BCUT2D eigenvalue weighted by molar-refractivity contribution is 5.76. The molecular formula is C17H26N2O. The van der Waals surface area contributed by atoms with Gasteiger partial charge in [-0.05, 0) is 37.8 Å². The highest BCUT2D eigenvalue weighted by Gasteiger charge is 2.31. The van der Waals surface area contributed by atoms with Crippen molar-refractivity contribution in [2.24, 2.45) is 5.73 Å². The van der Waals surface area contributed by atoms with Crippen LogP contribution in [0.3, 0.4) is 0 Å². The Morgan fingerprint density at radius 2 is 1.80 bits per heavy atom. The maximum Gasteiger partial charge on any atom is 0.223 e. The third kappa shape index (κ3) is 4.97. The third-order valence-corrected chi connectivity index (χ3v) is 3.85. The molecule has 1 fully saturated rings. The molecule has 0 aliphatic heterocycles. The fraction of sp³-hybridized carbons (Fsp3) is 0.588. The van der Waals surface area contributed by atoms with Crippen LogP contribution in [0.15, 0.2) is 30.3 Å². The molecule has 0 radical (unpaired) electrons. The van der Waals surface area contributed by atoms with Crippen LogP contribution in [0.25, 0.3) is 0 Å². The topological polar surface area (TPSA) is 46.3 Å². The smallest absolute Gasteiger partial charge is 0.223 e. The normalized spacial score (nSPS) is 14.2. The predicted molar refractivity (Wildman–Crippen MR) is 82.2 cm³/mol. The Morgan fingerprint density at radius 3 is 2.45 bits per heavy atom. The number of rotatable bonds is 9. The molecule has 0 spiro atoms. The van der Waals surface area contributed by atoms with Gasteiger partial charge in [-0.15, -0.1) is 0 Å². The van der Waals surface area contributed by atoms with Gasteiger partial charge in [-0.2, -0.15) is 0 Å². The molecule has 2 N–H and O–H groups in total. The highest BCUT2D eigenvalue weighted by Crippen LogP contribution is 2.29. The number of nitrogens with two attached hydrogens (primary N) is 1. The Balaban J connectivity index is 1.78. The van der Waals surface area contributed by atoms with Gasteiger partial charge in [0, 0.05) is 19.0 Å². The zero-order valence-corrected chi connectivity index (χ0v) is 12.3. The number of nitrogens with zero attached hydrogens (tertiary/aromatic N) is 1. The van der Waals surface area contributed by atoms with Crippen molar-refractivity contribution in [3.05, 3.63) is 35.9 Å². The lowest BCUT2D eigenvalue weighted by atomic mass is 10.1. The predicted octanol–water partition coefficient (Wildman–Crippen LogP) is 3.09. The summed E-state index contributed by atoms with van der Waals surface area (Å²) in [5.41, 5.74) is 6.71. The van der Waals surface area contributed by atoms with E-state index in [1.807, 2.05) is 18.2 Å². The molecule has 0 saturated heterocycles. The molecule has 2 rings (SSSR count). The number of benzene rings is 1. The van der Waals surface area contributed by atoms with Gasteiger partial charge in [-0.1, -0.05) is 43.2 Å². The van der Waals surface area contributed by atoms with E-state index in [0.29, 0.717) is 18.4 Å². The van der Waals surface area contributed by atoms with Crippen molar-refractivity contribution < 1.29 is 4.79 Å². The monoisotopic (exact) mass is 274 g/mol. The lowest BCUT2D eigenvalue weighted by molar-refractivity contribution is -0.132. The summed E-state index contributed by atoms with van der Waals surface area (Å²) in [4.78, 5) is 14.4. The van der Waals surface area contributed by atoms with E-state index in [-0.39, 0.29) is 0 Å². The number of carbonyl (C=O) groups is 1. The summed E-state index contributed by atoms with van der Waals surface area (Å²) in [5.74, 6) is 0.323. The van der Waals surface area contributed by atoms with Gasteiger partial charge < -0.3 is 10.6 Å². The molecule has 0 bridgehead atoms. The summed E-state index contributed by atoms with van der Waals surface area (Å²) >= 11 is 0. The minimum Gasteiger partial charge on any atom is -0.335 e. The Kier molecular flexibility index (Phi) is 6.06. The molecule has 0 heterocycles. The first kappa shape index (κ1) is 15.0. The fourth-order valence-electron chi connectivity index (χ4n) is 2.50. The van der Waals surface area contributed by atoms with Gasteiger partial charge in [0.15, 0.2) is 0 Å². The average Bonchev–Trinajstić information content (AvgIpc) is 3.30. The minimum atomic E-state index is 0.323. The molecular weight excluding hydrogens is 248 g/mol. The largest absolute Gasteiger partial charge is 0.335 e. The van der Waals surface area contributed by atoms with E-state index in [2.05, 4.69) is 17.0 Å². The molecule has 1 aromatic carbocycles. The summed E-state index contributed by atoms with van der Waals surface area (Å²) in [5, 5.41) is 0. The van der Waals surface area contributed by atoms with Crippen LogP contribution in [-0.2, 0) is 11.3 Å². The van der Waals surface area contributed by atoms with Crippen molar-refractivity contribution in [3.63, 3.8) is 0 Å². The Morgan fingerprint density at radius 1 is 1.10 bits per heavy atom. The molecule has 0 unspecified atom stereocenters. The van der Waals surface area contributed by atoms with Gasteiger partial charge in [-0.3, -0.25) is 4.79 Å². The van der Waals surface area contributed by atoms with Crippen LogP contribution < -0.4 is 5.73 Å². The molecule has 0 aromatic heterocycles. The van der Waals surface area contributed by atoms with Crippen molar-refractivity contribution in [3.8, 4) is 0 Å². The van der Waals surface area contributed by atoms with Gasteiger partial charge in [0.2, 0.25) is 5.91 Å². The molecule has 1 amide bonds. The lowest BCUT2D eigenvalue weighted by Crippen LogP contribution is -2.32. The minimum absolute atomic E-state index is 0.323. The number of amides is 1. The van der Waals surface area contributed by atoms with Crippen LogP contribution in [0.1, 0.15) is 50.5 Å². The molecule has 3 nitrogen and oxygen atoms in total. The average molecular weight is 274 g/mol. The van der Waals surface area contributed by atoms with Crippen LogP contribution in [0.4, 0.5) is 0 Å². The van der Waals surface area contributed by atoms with E-state index in [4.69, 9.17) is 5.73 Å². The van der Waals surface area contributed by atoms with E-state index in [1.165, 1.54) is 18.4 Å². The second kappa shape index (κ2) is 8.05. The van der Waals surface area contributed by atoms with Crippen LogP contribution in [0, 0.1) is 0 Å². The standard InChI is InChI=1S/C17H26N2O/c18-13-7-2-1-6-10-17(20)19(16-11-12-16)14-15-8-4-3-5-9-15/h3-5,8-9,16H,1-2,6-7,10-14,18H2. The van der Waals surface area contributed by atoms with E-state index >= 15 is 0 Å². The third-order valence-electron chi connectivity index (χ3n) is 3.85. The van der Waals surface area contributed by atoms with Crippen molar-refractivity contribution in [2.45, 2.75) is 57.5 Å². The van der Waals surface area contributed by atoms with Crippen LogP contribution >= 0.6 is 0 Å². The number of unbranched alkanes of at least 4 members (excludes halogenated alkanes) is 3. The van der Waals surface area contributed by atoms with Crippen molar-refractivity contribution >= 4 is 5.91 Å². The SMILES string of the molecule is NCCCCCCC(=O)N(Cc1ccccc1)C1CC1. The van der Waals surface area contributed by atoms with Gasteiger partial charge in [0.25, 0.3) is 0 Å². The van der Waals surface area contributed by atoms with Crippen LogP contribution in [0.5, 0.6) is 0 Å². The van der Waals surface area contributed by atoms with Crippen LogP contribution in [0.2, 0.25) is 0 Å². The van der Waals surface area contributed by atoms with Crippen LogP contribution in [-0.4, -0.2) is 23.4 Å². The Bertz CT molecular complexity index is 401. The first-order valence-electron chi connectivity index (χ1n) is 7.84. The first-order valence-corrected chi connectivity index (χ1v) is 7.84. The lowest BCUT2D eigenvalue weighted by Gasteiger charge is -2.22. The summed E-state index contributed by atoms with van der Waals surface area (Å²) < 4.78 is 0. The Labute approximate surface area is 122 Å². The van der Waals surface area contributed by atoms with Gasteiger partial charge in [0.05, 0.1) is 0 Å². The van der Waals surface area contributed by atoms with Gasteiger partial charge in [0.1, 0.15) is 0 Å². The van der Waals surface area contributed by atoms with Gasteiger partial charge >= 0.3 is 0 Å².